The third-order valence-corrected chi connectivity index (χ3v) is 3.54. The zero-order valence-electron chi connectivity index (χ0n) is 11.7. The number of hydrogen-bond donors (Lipinski definition) is 2. The van der Waals surface area contributed by atoms with E-state index in [0.29, 0.717) is 0 Å². The van der Waals surface area contributed by atoms with Gasteiger partial charge in [-0.05, 0) is 20.0 Å². The molecule has 0 saturated heterocycles. The average Bonchev–Trinajstić information content (AvgIpc) is 3.13. The summed E-state index contributed by atoms with van der Waals surface area (Å²) in [5.41, 5.74) is 2.26. The van der Waals surface area contributed by atoms with Gasteiger partial charge in [0.25, 0.3) is 0 Å². The number of likely N-dealkylation sites (N-methyl/N-ethyl adjacent to an activating group) is 1. The Morgan fingerprint density at radius 3 is 2.90 bits per heavy atom. The molecule has 104 valence electrons. The van der Waals surface area contributed by atoms with Crippen molar-refractivity contribution in [2.75, 3.05) is 7.05 Å². The van der Waals surface area contributed by atoms with E-state index in [1.54, 1.807) is 0 Å². The number of nitrogens with one attached hydrogen (secondary N) is 2. The van der Waals surface area contributed by atoms with Crippen LogP contribution in [0, 0.1) is 0 Å². The number of para-hydroxylation sites is 1. The monoisotopic (exact) mass is 270 g/mol. The maximum atomic E-state index is 4.72. The molecule has 6 heteroatoms. The second kappa shape index (κ2) is 5.42. The third-order valence-electron chi connectivity index (χ3n) is 3.54. The highest BCUT2D eigenvalue weighted by Gasteiger charge is 2.17. The Hall–Kier alpha value is -2.21. The molecule has 0 radical (unpaired) electrons. The highest BCUT2D eigenvalue weighted by molar-refractivity contribution is 5.82. The fraction of sp³-hybridized carbons (Fsp3) is 0.357. The number of aryl methyl sites for hydroxylation is 1. The maximum absolute atomic E-state index is 4.72. The molecule has 20 heavy (non-hydrogen) atoms. The summed E-state index contributed by atoms with van der Waals surface area (Å²) in [5, 5.41) is 16.0. The van der Waals surface area contributed by atoms with Crippen LogP contribution >= 0.6 is 0 Å². The maximum Gasteiger partial charge on any atom is 0.141 e. The fourth-order valence-corrected chi connectivity index (χ4v) is 2.50. The van der Waals surface area contributed by atoms with Gasteiger partial charge >= 0.3 is 0 Å². The second-order valence-corrected chi connectivity index (χ2v) is 4.70. The summed E-state index contributed by atoms with van der Waals surface area (Å²) in [6, 6.07) is 8.42. The molecular weight excluding hydrogens is 252 g/mol. The topological polar surface area (TPSA) is 71.4 Å². The Bertz CT molecular complexity index is 685. The van der Waals surface area contributed by atoms with E-state index in [2.05, 4.69) is 45.6 Å². The molecule has 0 aliphatic carbocycles. The molecule has 6 nitrogen and oxygen atoms in total. The summed E-state index contributed by atoms with van der Waals surface area (Å²) in [6.07, 6.45) is 2.31. The molecule has 1 aromatic carbocycles. The summed E-state index contributed by atoms with van der Waals surface area (Å²) >= 11 is 0. The summed E-state index contributed by atoms with van der Waals surface area (Å²) in [6.45, 7) is 2.97. The van der Waals surface area contributed by atoms with Crippen molar-refractivity contribution in [2.45, 2.75) is 25.9 Å². The van der Waals surface area contributed by atoms with E-state index in [9.17, 15) is 0 Å². The molecule has 0 aliphatic rings. The smallest absolute Gasteiger partial charge is 0.141 e. The number of nitrogens with zero attached hydrogens (tertiary/aromatic N) is 4. The van der Waals surface area contributed by atoms with Crippen LogP contribution < -0.4 is 5.32 Å². The van der Waals surface area contributed by atoms with Crippen LogP contribution in [0.15, 0.2) is 30.6 Å². The predicted octanol–water partition coefficient (Wildman–Crippen LogP) is 1.68. The molecule has 2 N–H and O–H groups in total. The standard InChI is InChI=1S/C14H18N6/c1-3-20-13-7-5-4-6-10(13)11(19-20)8-12(15-2)14-16-9-17-18-14/h4-7,9,12,15H,3,8H2,1-2H3,(H,16,17,18). The minimum absolute atomic E-state index is 0.0844. The van der Waals surface area contributed by atoms with Gasteiger partial charge in [0.2, 0.25) is 0 Å². The zero-order chi connectivity index (χ0) is 13.9. The number of rotatable bonds is 5. The quantitative estimate of drug-likeness (QED) is 0.740. The van der Waals surface area contributed by atoms with Gasteiger partial charge in [-0.2, -0.15) is 10.2 Å². The van der Waals surface area contributed by atoms with Crippen molar-refractivity contribution < 1.29 is 0 Å². The van der Waals surface area contributed by atoms with E-state index in [-0.39, 0.29) is 6.04 Å². The molecule has 2 aromatic heterocycles. The largest absolute Gasteiger partial charge is 0.310 e. The predicted molar refractivity (Wildman–Crippen MR) is 77.3 cm³/mol. The SMILES string of the molecule is CCn1nc(CC(NC)c2ncn[nH]2)c2ccccc21. The van der Waals surface area contributed by atoms with E-state index in [0.717, 1.165) is 24.5 Å². The highest BCUT2D eigenvalue weighted by Crippen LogP contribution is 2.22. The van der Waals surface area contributed by atoms with Crippen LogP contribution in [-0.2, 0) is 13.0 Å². The van der Waals surface area contributed by atoms with Crippen molar-refractivity contribution in [1.29, 1.82) is 0 Å². The van der Waals surface area contributed by atoms with Crippen LogP contribution in [0.2, 0.25) is 0 Å². The van der Waals surface area contributed by atoms with E-state index in [1.807, 2.05) is 17.8 Å². The number of benzene rings is 1. The lowest BCUT2D eigenvalue weighted by Crippen LogP contribution is -2.20. The van der Waals surface area contributed by atoms with Gasteiger partial charge in [-0.3, -0.25) is 9.78 Å². The Morgan fingerprint density at radius 2 is 2.20 bits per heavy atom. The molecule has 0 bridgehead atoms. The van der Waals surface area contributed by atoms with Gasteiger partial charge in [0.05, 0.1) is 17.3 Å². The van der Waals surface area contributed by atoms with Crippen molar-refractivity contribution in [2.24, 2.45) is 0 Å². The molecule has 3 rings (SSSR count). The second-order valence-electron chi connectivity index (χ2n) is 4.70. The van der Waals surface area contributed by atoms with Crippen LogP contribution in [-0.4, -0.2) is 32.0 Å². The number of aromatic amines is 1. The van der Waals surface area contributed by atoms with Gasteiger partial charge in [0.15, 0.2) is 0 Å². The first-order valence-electron chi connectivity index (χ1n) is 6.80. The third kappa shape index (κ3) is 2.18. The van der Waals surface area contributed by atoms with E-state index < -0.39 is 0 Å². The minimum atomic E-state index is 0.0844. The van der Waals surface area contributed by atoms with Crippen molar-refractivity contribution in [1.82, 2.24) is 30.3 Å². The summed E-state index contributed by atoms with van der Waals surface area (Å²) in [4.78, 5) is 4.23. The van der Waals surface area contributed by atoms with E-state index in [4.69, 9.17) is 5.10 Å². The van der Waals surface area contributed by atoms with E-state index in [1.165, 1.54) is 17.2 Å². The average molecular weight is 270 g/mol. The first-order chi connectivity index (χ1) is 9.83. The lowest BCUT2D eigenvalue weighted by molar-refractivity contribution is 0.546. The van der Waals surface area contributed by atoms with Crippen LogP contribution in [0.5, 0.6) is 0 Å². The van der Waals surface area contributed by atoms with Gasteiger partial charge in [-0.25, -0.2) is 4.98 Å². The molecule has 1 atom stereocenters. The Balaban J connectivity index is 1.98. The number of aromatic nitrogens is 5. The lowest BCUT2D eigenvalue weighted by atomic mass is 10.1. The Kier molecular flexibility index (Phi) is 3.47. The van der Waals surface area contributed by atoms with Gasteiger partial charge in [0, 0.05) is 18.4 Å². The molecule has 0 amide bonds. The first-order valence-corrected chi connectivity index (χ1v) is 6.80. The lowest BCUT2D eigenvalue weighted by Gasteiger charge is -2.11. The number of fused-ring (bicyclic) bond motifs is 1. The molecule has 1 unspecified atom stereocenters. The van der Waals surface area contributed by atoms with Crippen LogP contribution in [0.4, 0.5) is 0 Å². The van der Waals surface area contributed by atoms with Crippen molar-refractivity contribution in [3.63, 3.8) is 0 Å². The zero-order valence-corrected chi connectivity index (χ0v) is 11.7. The van der Waals surface area contributed by atoms with Crippen molar-refractivity contribution in [3.05, 3.63) is 42.1 Å². The van der Waals surface area contributed by atoms with Crippen molar-refractivity contribution in [3.8, 4) is 0 Å². The fourth-order valence-electron chi connectivity index (χ4n) is 2.50. The first kappa shape index (κ1) is 12.8. The summed E-state index contributed by atoms with van der Waals surface area (Å²) < 4.78 is 2.04. The molecule has 0 spiro atoms. The van der Waals surface area contributed by atoms with Gasteiger partial charge in [0.1, 0.15) is 12.2 Å². The van der Waals surface area contributed by atoms with Crippen LogP contribution in [0.25, 0.3) is 10.9 Å². The summed E-state index contributed by atoms with van der Waals surface area (Å²) in [5.74, 6) is 0.836. The van der Waals surface area contributed by atoms with Crippen LogP contribution in [0.1, 0.15) is 24.5 Å². The van der Waals surface area contributed by atoms with Crippen molar-refractivity contribution >= 4 is 10.9 Å². The van der Waals surface area contributed by atoms with Gasteiger partial charge in [-0.15, -0.1) is 0 Å². The molecule has 2 heterocycles. The number of hydrogen-bond acceptors (Lipinski definition) is 4. The molecule has 0 aliphatic heterocycles. The van der Waals surface area contributed by atoms with Gasteiger partial charge < -0.3 is 5.32 Å². The minimum Gasteiger partial charge on any atom is -0.310 e. The molecule has 0 fully saturated rings. The van der Waals surface area contributed by atoms with Gasteiger partial charge in [-0.1, -0.05) is 18.2 Å². The Morgan fingerprint density at radius 1 is 1.35 bits per heavy atom. The van der Waals surface area contributed by atoms with E-state index >= 15 is 0 Å². The molecule has 0 saturated carbocycles. The molecule has 3 aromatic rings. The molecular formula is C14H18N6. The normalized spacial score (nSPS) is 12.9. The Labute approximate surface area is 117 Å². The summed E-state index contributed by atoms with van der Waals surface area (Å²) in [7, 11) is 1.92. The van der Waals surface area contributed by atoms with Crippen LogP contribution in [0.3, 0.4) is 0 Å². The number of H-pyrrole nitrogens is 1. The highest BCUT2D eigenvalue weighted by atomic mass is 15.3.